The minimum atomic E-state index is -0.367. The Kier molecular flexibility index (Phi) is 6.04. The molecule has 0 radical (unpaired) electrons. The lowest BCUT2D eigenvalue weighted by Gasteiger charge is -2.11. The summed E-state index contributed by atoms with van der Waals surface area (Å²) in [7, 11) is 0. The van der Waals surface area contributed by atoms with Gasteiger partial charge in [-0.2, -0.15) is 0 Å². The van der Waals surface area contributed by atoms with Crippen LogP contribution in [0.5, 0.6) is 0 Å². The third kappa shape index (κ3) is 3.42. The summed E-state index contributed by atoms with van der Waals surface area (Å²) in [5.74, 6) is -0.367. The Labute approximate surface area is 93.8 Å². The second-order valence-electron chi connectivity index (χ2n) is 2.85. The van der Waals surface area contributed by atoms with Crippen LogP contribution in [0.4, 0.5) is 4.39 Å². The smallest absolute Gasteiger partial charge is 0.129 e. The second kappa shape index (κ2) is 6.19. The third-order valence-electron chi connectivity index (χ3n) is 1.84. The zero-order valence-electron chi connectivity index (χ0n) is 7.54. The highest BCUT2D eigenvalue weighted by atomic mass is 35.5. The van der Waals surface area contributed by atoms with Gasteiger partial charge in [-0.1, -0.05) is 17.7 Å². The number of hydrogen-bond donors (Lipinski definition) is 2. The molecule has 0 heterocycles. The van der Waals surface area contributed by atoms with E-state index in [1.54, 1.807) is 12.1 Å². The van der Waals surface area contributed by atoms with Crippen molar-refractivity contribution in [3.05, 3.63) is 34.6 Å². The first kappa shape index (κ1) is 13.7. The SMILES string of the molecule is Cl.NCC[C@@H](N)c1ccc(Cl)cc1F. The van der Waals surface area contributed by atoms with Gasteiger partial charge in [0.05, 0.1) is 0 Å². The van der Waals surface area contributed by atoms with Gasteiger partial charge in [-0.3, -0.25) is 0 Å². The molecule has 1 rings (SSSR count). The fraction of sp³-hybridized carbons (Fsp3) is 0.333. The lowest BCUT2D eigenvalue weighted by atomic mass is 10.0. The molecule has 0 saturated carbocycles. The van der Waals surface area contributed by atoms with Crippen LogP contribution >= 0.6 is 24.0 Å². The second-order valence-corrected chi connectivity index (χ2v) is 3.29. The summed E-state index contributed by atoms with van der Waals surface area (Å²) in [5.41, 5.74) is 11.5. The van der Waals surface area contributed by atoms with Crippen LogP contribution < -0.4 is 11.5 Å². The molecular weight excluding hydrogens is 226 g/mol. The summed E-state index contributed by atoms with van der Waals surface area (Å²) in [6.45, 7) is 0.448. The number of rotatable bonds is 3. The van der Waals surface area contributed by atoms with Crippen molar-refractivity contribution in [2.45, 2.75) is 12.5 Å². The van der Waals surface area contributed by atoms with E-state index in [0.29, 0.717) is 23.6 Å². The Bertz CT molecular complexity index is 294. The predicted molar refractivity (Wildman–Crippen MR) is 59.3 cm³/mol. The molecular formula is C9H13Cl2FN2. The van der Waals surface area contributed by atoms with E-state index in [1.807, 2.05) is 0 Å². The lowest BCUT2D eigenvalue weighted by molar-refractivity contribution is 0.567. The van der Waals surface area contributed by atoms with Crippen LogP contribution in [-0.4, -0.2) is 6.54 Å². The van der Waals surface area contributed by atoms with Crippen LogP contribution in [0.1, 0.15) is 18.0 Å². The number of hydrogen-bond acceptors (Lipinski definition) is 2. The molecule has 0 aliphatic rings. The molecule has 80 valence electrons. The lowest BCUT2D eigenvalue weighted by Crippen LogP contribution is -2.16. The van der Waals surface area contributed by atoms with Gasteiger partial charge in [0.2, 0.25) is 0 Å². The standard InChI is InChI=1S/C9H12ClFN2.ClH/c10-6-1-2-7(8(11)5-6)9(13)3-4-12;/h1-2,5,9H,3-4,12-13H2;1H/t9-;/m1./s1. The monoisotopic (exact) mass is 238 g/mol. The average Bonchev–Trinajstić information content (AvgIpc) is 2.04. The van der Waals surface area contributed by atoms with Gasteiger partial charge in [0.1, 0.15) is 5.82 Å². The highest BCUT2D eigenvalue weighted by Crippen LogP contribution is 2.20. The van der Waals surface area contributed by atoms with Crippen molar-refractivity contribution < 1.29 is 4.39 Å². The molecule has 0 aliphatic carbocycles. The van der Waals surface area contributed by atoms with E-state index < -0.39 is 0 Å². The van der Waals surface area contributed by atoms with Gasteiger partial charge >= 0.3 is 0 Å². The molecule has 0 aliphatic heterocycles. The molecule has 0 unspecified atom stereocenters. The van der Waals surface area contributed by atoms with Crippen LogP contribution in [0.2, 0.25) is 5.02 Å². The van der Waals surface area contributed by atoms with Crippen molar-refractivity contribution in [1.29, 1.82) is 0 Å². The first-order valence-electron chi connectivity index (χ1n) is 4.05. The van der Waals surface area contributed by atoms with Gasteiger partial charge in [-0.25, -0.2) is 4.39 Å². The Morgan fingerprint density at radius 3 is 2.57 bits per heavy atom. The van der Waals surface area contributed by atoms with Crippen molar-refractivity contribution >= 4 is 24.0 Å². The van der Waals surface area contributed by atoms with E-state index in [-0.39, 0.29) is 24.3 Å². The number of nitrogens with two attached hydrogens (primary N) is 2. The Morgan fingerprint density at radius 1 is 1.43 bits per heavy atom. The summed E-state index contributed by atoms with van der Waals surface area (Å²) in [6, 6.07) is 4.13. The molecule has 0 amide bonds. The minimum Gasteiger partial charge on any atom is -0.330 e. The van der Waals surface area contributed by atoms with E-state index >= 15 is 0 Å². The topological polar surface area (TPSA) is 52.0 Å². The van der Waals surface area contributed by atoms with Gasteiger partial charge in [-0.05, 0) is 25.1 Å². The van der Waals surface area contributed by atoms with E-state index in [4.69, 9.17) is 23.1 Å². The van der Waals surface area contributed by atoms with E-state index in [9.17, 15) is 4.39 Å². The van der Waals surface area contributed by atoms with Gasteiger partial charge < -0.3 is 11.5 Å². The molecule has 5 heteroatoms. The van der Waals surface area contributed by atoms with Gasteiger partial charge in [0.15, 0.2) is 0 Å². The highest BCUT2D eigenvalue weighted by molar-refractivity contribution is 6.30. The molecule has 1 atom stereocenters. The van der Waals surface area contributed by atoms with Crippen LogP contribution in [-0.2, 0) is 0 Å². The summed E-state index contributed by atoms with van der Waals surface area (Å²) in [6.07, 6.45) is 0.568. The maximum Gasteiger partial charge on any atom is 0.129 e. The molecule has 1 aromatic rings. The van der Waals surface area contributed by atoms with Crippen LogP contribution in [0.15, 0.2) is 18.2 Å². The summed E-state index contributed by atoms with van der Waals surface area (Å²) in [5, 5.41) is 0.376. The van der Waals surface area contributed by atoms with Gasteiger partial charge in [0, 0.05) is 16.6 Å². The molecule has 0 fully saturated rings. The van der Waals surface area contributed by atoms with Crippen LogP contribution in [0, 0.1) is 5.82 Å². The first-order chi connectivity index (χ1) is 6.15. The third-order valence-corrected chi connectivity index (χ3v) is 2.07. The quantitative estimate of drug-likeness (QED) is 0.849. The first-order valence-corrected chi connectivity index (χ1v) is 4.43. The van der Waals surface area contributed by atoms with E-state index in [1.165, 1.54) is 6.07 Å². The van der Waals surface area contributed by atoms with Crippen molar-refractivity contribution in [2.24, 2.45) is 11.5 Å². The van der Waals surface area contributed by atoms with Crippen molar-refractivity contribution in [1.82, 2.24) is 0 Å². The molecule has 0 aromatic heterocycles. The minimum absolute atomic E-state index is 0. The van der Waals surface area contributed by atoms with Crippen LogP contribution in [0.25, 0.3) is 0 Å². The number of halogens is 3. The van der Waals surface area contributed by atoms with E-state index in [0.717, 1.165) is 0 Å². The molecule has 14 heavy (non-hydrogen) atoms. The van der Waals surface area contributed by atoms with Gasteiger partial charge in [-0.15, -0.1) is 12.4 Å². The molecule has 0 spiro atoms. The molecule has 0 saturated heterocycles. The molecule has 2 nitrogen and oxygen atoms in total. The normalized spacial score (nSPS) is 12.0. The predicted octanol–water partition coefficient (Wildman–Crippen LogP) is 2.25. The summed E-state index contributed by atoms with van der Waals surface area (Å²) in [4.78, 5) is 0. The maximum absolute atomic E-state index is 13.2. The fourth-order valence-electron chi connectivity index (χ4n) is 1.14. The van der Waals surface area contributed by atoms with Crippen molar-refractivity contribution in [2.75, 3.05) is 6.54 Å². The molecule has 0 bridgehead atoms. The zero-order valence-corrected chi connectivity index (χ0v) is 9.11. The number of benzene rings is 1. The van der Waals surface area contributed by atoms with Crippen LogP contribution in [0.3, 0.4) is 0 Å². The Balaban J connectivity index is 0.00000169. The van der Waals surface area contributed by atoms with Gasteiger partial charge in [0.25, 0.3) is 0 Å². The average molecular weight is 239 g/mol. The highest BCUT2D eigenvalue weighted by Gasteiger charge is 2.10. The summed E-state index contributed by atoms with van der Waals surface area (Å²) >= 11 is 5.59. The molecule has 4 N–H and O–H groups in total. The molecule has 1 aromatic carbocycles. The largest absolute Gasteiger partial charge is 0.330 e. The zero-order chi connectivity index (χ0) is 9.84. The Hall–Kier alpha value is -0.350. The Morgan fingerprint density at radius 2 is 2.07 bits per heavy atom. The summed E-state index contributed by atoms with van der Waals surface area (Å²) < 4.78 is 13.2. The van der Waals surface area contributed by atoms with Crippen molar-refractivity contribution in [3.63, 3.8) is 0 Å². The van der Waals surface area contributed by atoms with Crippen molar-refractivity contribution in [3.8, 4) is 0 Å². The maximum atomic E-state index is 13.2. The fourth-order valence-corrected chi connectivity index (χ4v) is 1.30. The van der Waals surface area contributed by atoms with E-state index in [2.05, 4.69) is 0 Å².